The number of carbonyl (C=O) groups is 1. The van der Waals surface area contributed by atoms with Crippen LogP contribution in [0.2, 0.25) is 0 Å². The standard InChI is InChI=1S/C18H24N4O2/c1-14-8-15(2)10-17(9-14)24-7-5-18(23)21-6-3-4-16(11-21)22-13-19-12-20-22/h8-10,12-13,16H,3-7,11H2,1-2H3/t16-/m0/s1. The first-order valence-corrected chi connectivity index (χ1v) is 8.45. The summed E-state index contributed by atoms with van der Waals surface area (Å²) in [5.74, 6) is 0.976. The lowest BCUT2D eigenvalue weighted by atomic mass is 10.1. The van der Waals surface area contributed by atoms with Crippen molar-refractivity contribution in [3.8, 4) is 5.75 Å². The first kappa shape index (κ1) is 16.5. The molecule has 2 heterocycles. The molecule has 1 saturated heterocycles. The topological polar surface area (TPSA) is 60.2 Å². The maximum atomic E-state index is 12.4. The van der Waals surface area contributed by atoms with Crippen molar-refractivity contribution in [2.24, 2.45) is 0 Å². The summed E-state index contributed by atoms with van der Waals surface area (Å²) in [6.45, 7) is 6.01. The van der Waals surface area contributed by atoms with E-state index in [1.165, 1.54) is 11.1 Å². The van der Waals surface area contributed by atoms with E-state index < -0.39 is 0 Å². The summed E-state index contributed by atoms with van der Waals surface area (Å²) in [5.41, 5.74) is 2.34. The number of aromatic nitrogens is 3. The summed E-state index contributed by atoms with van der Waals surface area (Å²) >= 11 is 0. The molecule has 6 nitrogen and oxygen atoms in total. The molecule has 6 heteroatoms. The minimum atomic E-state index is 0.143. The van der Waals surface area contributed by atoms with Crippen molar-refractivity contribution in [1.29, 1.82) is 0 Å². The van der Waals surface area contributed by atoms with Crippen molar-refractivity contribution in [3.63, 3.8) is 0 Å². The van der Waals surface area contributed by atoms with Gasteiger partial charge in [0.25, 0.3) is 0 Å². The molecule has 1 atom stereocenters. The van der Waals surface area contributed by atoms with Gasteiger partial charge in [-0.1, -0.05) is 6.07 Å². The number of nitrogens with zero attached hydrogens (tertiary/aromatic N) is 4. The zero-order valence-electron chi connectivity index (χ0n) is 14.3. The Morgan fingerprint density at radius 3 is 2.79 bits per heavy atom. The molecular formula is C18H24N4O2. The van der Waals surface area contributed by atoms with Gasteiger partial charge in [-0.25, -0.2) is 9.67 Å². The van der Waals surface area contributed by atoms with Crippen LogP contribution in [-0.4, -0.2) is 45.3 Å². The second-order valence-electron chi connectivity index (χ2n) is 6.43. The van der Waals surface area contributed by atoms with E-state index in [9.17, 15) is 4.79 Å². The normalized spacial score (nSPS) is 17.8. The van der Waals surface area contributed by atoms with E-state index in [0.29, 0.717) is 19.6 Å². The molecule has 1 amide bonds. The quantitative estimate of drug-likeness (QED) is 0.846. The summed E-state index contributed by atoms with van der Waals surface area (Å²) in [4.78, 5) is 18.3. The minimum Gasteiger partial charge on any atom is -0.493 e. The maximum Gasteiger partial charge on any atom is 0.226 e. The number of aryl methyl sites for hydroxylation is 2. The minimum absolute atomic E-state index is 0.143. The van der Waals surface area contributed by atoms with Crippen molar-refractivity contribution in [2.75, 3.05) is 19.7 Å². The molecule has 0 N–H and O–H groups in total. The molecule has 0 unspecified atom stereocenters. The Hall–Kier alpha value is -2.37. The van der Waals surface area contributed by atoms with Crippen LogP contribution >= 0.6 is 0 Å². The highest BCUT2D eigenvalue weighted by molar-refractivity contribution is 5.76. The van der Waals surface area contributed by atoms with Crippen LogP contribution in [-0.2, 0) is 4.79 Å². The lowest BCUT2D eigenvalue weighted by Crippen LogP contribution is -2.41. The lowest BCUT2D eigenvalue weighted by molar-refractivity contribution is -0.133. The largest absolute Gasteiger partial charge is 0.493 e. The average molecular weight is 328 g/mol. The molecule has 128 valence electrons. The highest BCUT2D eigenvalue weighted by atomic mass is 16.5. The van der Waals surface area contributed by atoms with Gasteiger partial charge in [0, 0.05) is 13.1 Å². The third kappa shape index (κ3) is 4.13. The molecule has 0 aliphatic carbocycles. The molecule has 0 saturated carbocycles. The van der Waals surface area contributed by atoms with Crippen LogP contribution in [0.3, 0.4) is 0 Å². The van der Waals surface area contributed by atoms with Gasteiger partial charge in [-0.3, -0.25) is 4.79 Å². The number of ether oxygens (including phenoxy) is 1. The fourth-order valence-electron chi connectivity index (χ4n) is 3.23. The summed E-state index contributed by atoms with van der Waals surface area (Å²) < 4.78 is 7.61. The Morgan fingerprint density at radius 2 is 2.08 bits per heavy atom. The highest BCUT2D eigenvalue weighted by Gasteiger charge is 2.24. The Labute approximate surface area is 142 Å². The number of benzene rings is 1. The molecule has 1 fully saturated rings. The second-order valence-corrected chi connectivity index (χ2v) is 6.43. The number of carbonyl (C=O) groups excluding carboxylic acids is 1. The van der Waals surface area contributed by atoms with Gasteiger partial charge in [0.2, 0.25) is 5.91 Å². The molecule has 3 rings (SSSR count). The highest BCUT2D eigenvalue weighted by Crippen LogP contribution is 2.21. The molecule has 0 spiro atoms. The van der Waals surface area contributed by atoms with Crippen LogP contribution in [0.4, 0.5) is 0 Å². The predicted molar refractivity (Wildman–Crippen MR) is 90.9 cm³/mol. The summed E-state index contributed by atoms with van der Waals surface area (Å²) in [5, 5.41) is 4.19. The first-order chi connectivity index (χ1) is 11.6. The smallest absolute Gasteiger partial charge is 0.226 e. The van der Waals surface area contributed by atoms with Crippen molar-refractivity contribution in [2.45, 2.75) is 39.2 Å². The lowest BCUT2D eigenvalue weighted by Gasteiger charge is -2.32. The van der Waals surface area contributed by atoms with Crippen LogP contribution in [0.25, 0.3) is 0 Å². The first-order valence-electron chi connectivity index (χ1n) is 8.45. The van der Waals surface area contributed by atoms with Crippen LogP contribution in [0.1, 0.15) is 36.4 Å². The van der Waals surface area contributed by atoms with Gasteiger partial charge in [-0.05, 0) is 49.9 Å². The molecule has 1 aromatic carbocycles. The zero-order chi connectivity index (χ0) is 16.9. The molecule has 1 aliphatic rings. The summed E-state index contributed by atoms with van der Waals surface area (Å²) in [6, 6.07) is 6.33. The van der Waals surface area contributed by atoms with Gasteiger partial charge in [-0.2, -0.15) is 5.10 Å². The number of hydrogen-bond acceptors (Lipinski definition) is 4. The molecule has 1 aliphatic heterocycles. The average Bonchev–Trinajstić information content (AvgIpc) is 3.08. The Balaban J connectivity index is 1.49. The van der Waals surface area contributed by atoms with Gasteiger partial charge in [0.15, 0.2) is 0 Å². The molecule has 2 aromatic rings. The zero-order valence-corrected chi connectivity index (χ0v) is 14.3. The summed E-state index contributed by atoms with van der Waals surface area (Å²) in [7, 11) is 0. The van der Waals surface area contributed by atoms with Crippen molar-refractivity contribution in [3.05, 3.63) is 42.0 Å². The number of amides is 1. The molecule has 0 bridgehead atoms. The van der Waals surface area contributed by atoms with Gasteiger partial charge in [-0.15, -0.1) is 0 Å². The maximum absolute atomic E-state index is 12.4. The molecular weight excluding hydrogens is 304 g/mol. The van der Waals surface area contributed by atoms with E-state index >= 15 is 0 Å². The Kier molecular flexibility index (Phi) is 5.13. The van der Waals surface area contributed by atoms with E-state index in [-0.39, 0.29) is 11.9 Å². The van der Waals surface area contributed by atoms with E-state index in [1.807, 2.05) is 35.6 Å². The van der Waals surface area contributed by atoms with Gasteiger partial charge in [0.1, 0.15) is 18.4 Å². The van der Waals surface area contributed by atoms with Crippen molar-refractivity contribution < 1.29 is 9.53 Å². The van der Waals surface area contributed by atoms with Crippen molar-refractivity contribution in [1.82, 2.24) is 19.7 Å². The molecule has 24 heavy (non-hydrogen) atoms. The van der Waals surface area contributed by atoms with Crippen LogP contribution in [0.15, 0.2) is 30.9 Å². The second kappa shape index (κ2) is 7.47. The van der Waals surface area contributed by atoms with Crippen LogP contribution in [0.5, 0.6) is 5.75 Å². The number of rotatable bonds is 5. The van der Waals surface area contributed by atoms with Gasteiger partial charge >= 0.3 is 0 Å². The van der Waals surface area contributed by atoms with E-state index in [4.69, 9.17) is 4.74 Å². The molecule has 1 aromatic heterocycles. The Morgan fingerprint density at radius 1 is 1.29 bits per heavy atom. The van der Waals surface area contributed by atoms with E-state index in [2.05, 4.69) is 16.1 Å². The van der Waals surface area contributed by atoms with Crippen LogP contribution in [0, 0.1) is 13.8 Å². The Bertz CT molecular complexity index is 664. The number of likely N-dealkylation sites (tertiary alicyclic amines) is 1. The third-order valence-corrected chi connectivity index (χ3v) is 4.34. The third-order valence-electron chi connectivity index (χ3n) is 4.34. The van der Waals surface area contributed by atoms with Gasteiger partial charge < -0.3 is 9.64 Å². The summed E-state index contributed by atoms with van der Waals surface area (Å²) in [6.07, 6.45) is 5.69. The van der Waals surface area contributed by atoms with E-state index in [0.717, 1.165) is 25.1 Å². The number of piperidine rings is 1. The van der Waals surface area contributed by atoms with Crippen LogP contribution < -0.4 is 4.74 Å². The monoisotopic (exact) mass is 328 g/mol. The van der Waals surface area contributed by atoms with Gasteiger partial charge in [0.05, 0.1) is 19.1 Å². The van der Waals surface area contributed by atoms with Crippen molar-refractivity contribution >= 4 is 5.91 Å². The SMILES string of the molecule is Cc1cc(C)cc(OCCC(=O)N2CCC[C@H](n3cncn3)C2)c1. The molecule has 0 radical (unpaired) electrons. The fourth-order valence-corrected chi connectivity index (χ4v) is 3.23. The van der Waals surface area contributed by atoms with E-state index in [1.54, 1.807) is 12.7 Å². The predicted octanol–water partition coefficient (Wildman–Crippen LogP) is 2.53. The number of hydrogen-bond donors (Lipinski definition) is 0. The fraction of sp³-hybridized carbons (Fsp3) is 0.500.